The van der Waals surface area contributed by atoms with E-state index in [-0.39, 0.29) is 17.0 Å². The van der Waals surface area contributed by atoms with Crippen molar-refractivity contribution in [3.8, 4) is 11.5 Å². The zero-order chi connectivity index (χ0) is 19.6. The van der Waals surface area contributed by atoms with Crippen LogP contribution in [0.2, 0.25) is 0 Å². The van der Waals surface area contributed by atoms with Crippen LogP contribution >= 0.6 is 27.7 Å². The van der Waals surface area contributed by atoms with E-state index in [4.69, 9.17) is 4.74 Å². The lowest BCUT2D eigenvalue weighted by Gasteiger charge is -2.25. The number of carbonyl (C=O) groups excluding carboxylic acids is 1. The van der Waals surface area contributed by atoms with Crippen LogP contribution in [0.4, 0.5) is 13.2 Å². The third-order valence-electron chi connectivity index (χ3n) is 3.94. The van der Waals surface area contributed by atoms with Gasteiger partial charge in [0.25, 0.3) is 5.91 Å². The Morgan fingerprint density at radius 3 is 2.56 bits per heavy atom. The van der Waals surface area contributed by atoms with E-state index >= 15 is 0 Å². The van der Waals surface area contributed by atoms with Gasteiger partial charge in [-0.25, -0.2) is 0 Å². The van der Waals surface area contributed by atoms with E-state index in [1.165, 1.54) is 12.1 Å². The van der Waals surface area contributed by atoms with Gasteiger partial charge >= 0.3 is 6.36 Å². The molecule has 1 aliphatic heterocycles. The van der Waals surface area contributed by atoms with Crippen molar-refractivity contribution >= 4 is 33.6 Å². The molecular formula is C18H15BrF3NO3S. The van der Waals surface area contributed by atoms with E-state index in [1.54, 1.807) is 23.8 Å². The van der Waals surface area contributed by atoms with Crippen molar-refractivity contribution in [3.05, 3.63) is 58.1 Å². The summed E-state index contributed by atoms with van der Waals surface area (Å²) in [4.78, 5) is 14.6. The fraction of sp³-hybridized carbons (Fsp3) is 0.278. The first-order valence-corrected chi connectivity index (χ1v) is 9.74. The Labute approximate surface area is 166 Å². The quantitative estimate of drug-likeness (QED) is 0.623. The summed E-state index contributed by atoms with van der Waals surface area (Å²) in [6.45, 7) is 0.532. The second-order valence-corrected chi connectivity index (χ2v) is 7.78. The fourth-order valence-corrected chi connectivity index (χ4v) is 4.45. The van der Waals surface area contributed by atoms with Gasteiger partial charge < -0.3 is 14.4 Å². The minimum atomic E-state index is -4.76. The highest BCUT2D eigenvalue weighted by Crippen LogP contribution is 2.43. The molecule has 0 saturated carbocycles. The first-order chi connectivity index (χ1) is 12.8. The third-order valence-corrected chi connectivity index (χ3v) is 5.68. The zero-order valence-electron chi connectivity index (χ0n) is 14.1. The van der Waals surface area contributed by atoms with E-state index < -0.39 is 6.36 Å². The summed E-state index contributed by atoms with van der Waals surface area (Å²) in [5.41, 5.74) is 1.16. The maximum atomic E-state index is 12.9. The number of halogens is 4. The van der Waals surface area contributed by atoms with Gasteiger partial charge in [0, 0.05) is 27.9 Å². The fourth-order valence-electron chi connectivity index (χ4n) is 2.80. The average molecular weight is 462 g/mol. The first kappa shape index (κ1) is 19.9. The smallest absolute Gasteiger partial charge is 0.496 e. The van der Waals surface area contributed by atoms with E-state index in [0.29, 0.717) is 17.9 Å². The number of ether oxygens (including phenoxy) is 2. The molecule has 3 rings (SSSR count). The number of thioether (sulfide) groups is 1. The van der Waals surface area contributed by atoms with Crippen molar-refractivity contribution in [2.45, 2.75) is 11.7 Å². The largest absolute Gasteiger partial charge is 0.573 e. The normalized spacial score (nSPS) is 17.1. The number of rotatable bonds is 4. The molecule has 1 aliphatic rings. The van der Waals surface area contributed by atoms with Crippen LogP contribution in [0.3, 0.4) is 0 Å². The van der Waals surface area contributed by atoms with Crippen molar-refractivity contribution in [2.75, 3.05) is 19.4 Å². The molecule has 27 heavy (non-hydrogen) atoms. The molecule has 144 valence electrons. The number of alkyl halides is 3. The molecule has 0 aliphatic carbocycles. The predicted octanol–water partition coefficient (Wildman–Crippen LogP) is 5.24. The van der Waals surface area contributed by atoms with Crippen LogP contribution in [0.25, 0.3) is 0 Å². The maximum absolute atomic E-state index is 12.9. The molecule has 4 nitrogen and oxygen atoms in total. The zero-order valence-corrected chi connectivity index (χ0v) is 16.5. The minimum absolute atomic E-state index is 0.240. The Bertz CT molecular complexity index is 830. The molecule has 1 heterocycles. The van der Waals surface area contributed by atoms with Crippen LogP contribution in [0, 0.1) is 0 Å². The number of hydrogen-bond donors (Lipinski definition) is 0. The lowest BCUT2D eigenvalue weighted by Crippen LogP contribution is -2.30. The molecule has 0 bridgehead atoms. The summed E-state index contributed by atoms with van der Waals surface area (Å²) in [5, 5.41) is -0.240. The lowest BCUT2D eigenvalue weighted by molar-refractivity contribution is -0.274. The van der Waals surface area contributed by atoms with Crippen LogP contribution in [-0.2, 0) is 0 Å². The number of carbonyl (C=O) groups is 1. The Kier molecular flexibility index (Phi) is 5.90. The average Bonchev–Trinajstić information content (AvgIpc) is 3.10. The SMILES string of the molecule is COc1ccc(Br)cc1C1SCCN1C(=O)c1ccc(OC(F)(F)F)cc1. The third kappa shape index (κ3) is 4.70. The molecule has 9 heteroatoms. The molecule has 0 spiro atoms. The molecule has 2 aromatic carbocycles. The molecule has 1 unspecified atom stereocenters. The number of nitrogens with zero attached hydrogens (tertiary/aromatic N) is 1. The van der Waals surface area contributed by atoms with Crippen LogP contribution in [-0.4, -0.2) is 36.6 Å². The monoisotopic (exact) mass is 461 g/mol. The standard InChI is InChI=1S/C18H15BrF3NO3S/c1-25-15-7-4-12(19)10-14(15)17-23(8-9-27-17)16(24)11-2-5-13(6-3-11)26-18(20,21)22/h2-7,10,17H,8-9H2,1H3. The first-order valence-electron chi connectivity index (χ1n) is 7.90. The van der Waals surface area contributed by atoms with Crippen molar-refractivity contribution < 1.29 is 27.4 Å². The Morgan fingerprint density at radius 2 is 1.93 bits per heavy atom. The summed E-state index contributed by atoms with van der Waals surface area (Å²) in [5.74, 6) is 0.802. The minimum Gasteiger partial charge on any atom is -0.496 e. The van der Waals surface area contributed by atoms with Gasteiger partial charge in [-0.15, -0.1) is 24.9 Å². The van der Waals surface area contributed by atoms with Crippen LogP contribution < -0.4 is 9.47 Å². The van der Waals surface area contributed by atoms with Crippen molar-refractivity contribution in [1.82, 2.24) is 4.90 Å². The van der Waals surface area contributed by atoms with Crippen molar-refractivity contribution in [1.29, 1.82) is 0 Å². The van der Waals surface area contributed by atoms with Crippen LogP contribution in [0.1, 0.15) is 21.3 Å². The summed E-state index contributed by atoms with van der Waals surface area (Å²) in [6, 6.07) is 10.5. The van der Waals surface area contributed by atoms with E-state index in [2.05, 4.69) is 20.7 Å². The second kappa shape index (κ2) is 8.02. The predicted molar refractivity (Wildman–Crippen MR) is 100 cm³/mol. The summed E-state index contributed by atoms with van der Waals surface area (Å²) >= 11 is 5.04. The number of benzene rings is 2. The molecule has 1 saturated heterocycles. The number of hydrogen-bond acceptors (Lipinski definition) is 4. The van der Waals surface area contributed by atoms with Gasteiger partial charge in [-0.2, -0.15) is 0 Å². The van der Waals surface area contributed by atoms with Gasteiger partial charge in [-0.05, 0) is 42.5 Å². The van der Waals surface area contributed by atoms with Crippen molar-refractivity contribution in [2.24, 2.45) is 0 Å². The summed E-state index contributed by atoms with van der Waals surface area (Å²) < 4.78 is 46.9. The Hall–Kier alpha value is -1.87. The van der Waals surface area contributed by atoms with Gasteiger partial charge in [0.05, 0.1) is 7.11 Å². The Morgan fingerprint density at radius 1 is 1.22 bits per heavy atom. The summed E-state index contributed by atoms with van der Waals surface area (Å²) in [7, 11) is 1.57. The number of amides is 1. The molecule has 1 amide bonds. The van der Waals surface area contributed by atoms with Gasteiger partial charge in [-0.3, -0.25) is 4.79 Å². The van der Waals surface area contributed by atoms with Crippen LogP contribution in [0.5, 0.6) is 11.5 Å². The molecule has 0 N–H and O–H groups in total. The van der Waals surface area contributed by atoms with Gasteiger partial charge in [0.1, 0.15) is 16.9 Å². The highest BCUT2D eigenvalue weighted by Gasteiger charge is 2.34. The van der Waals surface area contributed by atoms with Gasteiger partial charge in [-0.1, -0.05) is 15.9 Å². The highest BCUT2D eigenvalue weighted by molar-refractivity contribution is 9.10. The maximum Gasteiger partial charge on any atom is 0.573 e. The van der Waals surface area contributed by atoms with Crippen molar-refractivity contribution in [3.63, 3.8) is 0 Å². The van der Waals surface area contributed by atoms with E-state index in [9.17, 15) is 18.0 Å². The molecule has 2 aromatic rings. The molecule has 0 radical (unpaired) electrons. The van der Waals surface area contributed by atoms with E-state index in [1.807, 2.05) is 18.2 Å². The topological polar surface area (TPSA) is 38.8 Å². The highest BCUT2D eigenvalue weighted by atomic mass is 79.9. The van der Waals surface area contributed by atoms with E-state index in [0.717, 1.165) is 27.9 Å². The molecular weight excluding hydrogens is 447 g/mol. The molecule has 1 fully saturated rings. The van der Waals surface area contributed by atoms with Gasteiger partial charge in [0.2, 0.25) is 0 Å². The lowest BCUT2D eigenvalue weighted by atomic mass is 10.1. The number of methoxy groups -OCH3 is 1. The van der Waals surface area contributed by atoms with Crippen LogP contribution in [0.15, 0.2) is 46.9 Å². The summed E-state index contributed by atoms with van der Waals surface area (Å²) in [6.07, 6.45) is -4.76. The molecule has 1 atom stereocenters. The second-order valence-electron chi connectivity index (χ2n) is 5.68. The Balaban J connectivity index is 1.83. The van der Waals surface area contributed by atoms with Gasteiger partial charge in [0.15, 0.2) is 0 Å². The molecule has 0 aromatic heterocycles.